The van der Waals surface area contributed by atoms with Crippen LogP contribution in [0.5, 0.6) is 0 Å². The average molecular weight is 448 g/mol. The zero-order chi connectivity index (χ0) is 22.9. The van der Waals surface area contributed by atoms with E-state index in [1.165, 1.54) is 0 Å². The predicted molar refractivity (Wildman–Crippen MR) is 111 cm³/mol. The molecule has 1 fully saturated rings. The lowest BCUT2D eigenvalue weighted by molar-refractivity contribution is -0.143. The number of rotatable bonds is 13. The van der Waals surface area contributed by atoms with E-state index in [2.05, 4.69) is 5.32 Å². The number of aryl methyl sites for hydroxylation is 1. The molecule has 10 nitrogen and oxygen atoms in total. The molecule has 10 heteroatoms. The third kappa shape index (κ3) is 6.35. The first-order valence-electron chi connectivity index (χ1n) is 10.7. The Morgan fingerprint density at radius 3 is 2.50 bits per heavy atom. The smallest absolute Gasteiger partial charge is 0.329 e. The van der Waals surface area contributed by atoms with Gasteiger partial charge in [0.05, 0.1) is 26.4 Å². The zero-order valence-corrected chi connectivity index (χ0v) is 17.8. The third-order valence-corrected chi connectivity index (χ3v) is 5.38. The second-order valence-electron chi connectivity index (χ2n) is 7.62. The van der Waals surface area contributed by atoms with E-state index in [1.807, 2.05) is 12.1 Å². The molecule has 0 bridgehead atoms. The van der Waals surface area contributed by atoms with E-state index in [1.54, 1.807) is 11.0 Å². The summed E-state index contributed by atoms with van der Waals surface area (Å²) < 4.78 is 15.7. The number of ether oxygens (including phenoxy) is 3. The minimum atomic E-state index is -1.01. The monoisotopic (exact) mass is 448 g/mol. The lowest BCUT2D eigenvalue weighted by atomic mass is 10.00. The first kappa shape index (κ1) is 23.8. The summed E-state index contributed by atoms with van der Waals surface area (Å²) in [7, 11) is 0. The van der Waals surface area contributed by atoms with Crippen molar-refractivity contribution >= 4 is 23.7 Å². The van der Waals surface area contributed by atoms with Gasteiger partial charge < -0.3 is 24.2 Å². The fraction of sp³-hybridized carbons (Fsp3) is 0.545. The number of benzene rings is 1. The first-order chi connectivity index (χ1) is 15.5. The van der Waals surface area contributed by atoms with Crippen molar-refractivity contribution in [1.82, 2.24) is 10.2 Å². The van der Waals surface area contributed by atoms with Gasteiger partial charge in [-0.25, -0.2) is 4.79 Å². The van der Waals surface area contributed by atoms with Crippen molar-refractivity contribution in [2.75, 3.05) is 39.6 Å². The fourth-order valence-electron chi connectivity index (χ4n) is 3.85. The molecule has 1 aromatic carbocycles. The van der Waals surface area contributed by atoms with E-state index >= 15 is 0 Å². The summed E-state index contributed by atoms with van der Waals surface area (Å²) in [6.45, 7) is 1.92. The van der Waals surface area contributed by atoms with Crippen LogP contribution >= 0.6 is 0 Å². The number of hydrogen-bond donors (Lipinski definition) is 2. The van der Waals surface area contributed by atoms with Crippen LogP contribution in [0.25, 0.3) is 0 Å². The molecular formula is C22H28N2O8. The van der Waals surface area contributed by atoms with Gasteiger partial charge in [-0.2, -0.15) is 0 Å². The van der Waals surface area contributed by atoms with E-state index in [0.29, 0.717) is 45.0 Å². The number of fused-ring (bicyclic) bond motifs is 1. The molecule has 3 rings (SSSR count). The third-order valence-electron chi connectivity index (χ3n) is 5.38. The van der Waals surface area contributed by atoms with E-state index in [0.717, 1.165) is 24.0 Å². The molecule has 0 aliphatic carbocycles. The number of piperidine rings is 1. The van der Waals surface area contributed by atoms with Gasteiger partial charge in [-0.3, -0.25) is 19.7 Å². The average Bonchev–Trinajstić information content (AvgIpc) is 3.09. The Kier molecular flexibility index (Phi) is 8.72. The predicted octanol–water partition coefficient (Wildman–Crippen LogP) is 0.515. The molecule has 2 aliphatic heterocycles. The van der Waals surface area contributed by atoms with Gasteiger partial charge in [0.2, 0.25) is 11.8 Å². The standard InChI is InChI=1S/C22H28N2O8/c25-19-7-6-18(21(28)23-19)24-13-17-15(3-1-5-16(17)22(24)29)4-2-8-30-9-10-31-11-12-32-14-20(26)27/h1,3,5,18H,2,4,6-14H2,(H,26,27)(H,23,25,28). The lowest BCUT2D eigenvalue weighted by Crippen LogP contribution is -2.52. The summed E-state index contributed by atoms with van der Waals surface area (Å²) in [4.78, 5) is 48.3. The zero-order valence-electron chi connectivity index (χ0n) is 17.8. The van der Waals surface area contributed by atoms with Gasteiger partial charge in [-0.1, -0.05) is 12.1 Å². The molecule has 174 valence electrons. The molecule has 3 amide bonds. The Hall–Kier alpha value is -2.82. The molecule has 2 heterocycles. The Morgan fingerprint density at radius 2 is 1.78 bits per heavy atom. The number of aliphatic carboxylic acids is 1. The molecule has 1 saturated heterocycles. The summed E-state index contributed by atoms with van der Waals surface area (Å²) in [5.74, 6) is -1.89. The summed E-state index contributed by atoms with van der Waals surface area (Å²) in [6, 6.07) is 5.00. The van der Waals surface area contributed by atoms with Gasteiger partial charge in [0.25, 0.3) is 5.91 Å². The highest BCUT2D eigenvalue weighted by molar-refractivity contribution is 6.05. The number of amides is 3. The minimum absolute atomic E-state index is 0.169. The molecule has 2 aliphatic rings. The molecule has 32 heavy (non-hydrogen) atoms. The highest BCUT2D eigenvalue weighted by atomic mass is 16.5. The van der Waals surface area contributed by atoms with Crippen LogP contribution in [0.15, 0.2) is 18.2 Å². The van der Waals surface area contributed by atoms with Crippen molar-refractivity contribution in [1.29, 1.82) is 0 Å². The number of imide groups is 1. The molecular weight excluding hydrogens is 420 g/mol. The lowest BCUT2D eigenvalue weighted by Gasteiger charge is -2.29. The summed E-state index contributed by atoms with van der Waals surface area (Å²) in [5.41, 5.74) is 2.61. The van der Waals surface area contributed by atoms with Crippen LogP contribution in [0.1, 0.15) is 40.7 Å². The number of carbonyl (C=O) groups excluding carboxylic acids is 3. The van der Waals surface area contributed by atoms with Crippen molar-refractivity contribution in [2.45, 2.75) is 38.3 Å². The Bertz CT molecular complexity index is 856. The van der Waals surface area contributed by atoms with Gasteiger partial charge in [0, 0.05) is 25.1 Å². The molecule has 0 spiro atoms. The van der Waals surface area contributed by atoms with Crippen molar-refractivity contribution < 1.29 is 38.5 Å². The van der Waals surface area contributed by atoms with Gasteiger partial charge in [-0.05, 0) is 36.5 Å². The van der Waals surface area contributed by atoms with Gasteiger partial charge in [0.1, 0.15) is 12.6 Å². The Labute approximate surface area is 185 Å². The number of carboxylic acids is 1. The molecule has 0 saturated carbocycles. The first-order valence-corrected chi connectivity index (χ1v) is 10.7. The molecule has 2 N–H and O–H groups in total. The number of carboxylic acid groups (broad SMARTS) is 1. The largest absolute Gasteiger partial charge is 0.480 e. The van der Waals surface area contributed by atoms with Crippen LogP contribution in [0.4, 0.5) is 0 Å². The molecule has 0 radical (unpaired) electrons. The van der Waals surface area contributed by atoms with Crippen LogP contribution in [-0.2, 0) is 41.6 Å². The normalized spacial score (nSPS) is 18.1. The molecule has 1 unspecified atom stereocenters. The van der Waals surface area contributed by atoms with E-state index < -0.39 is 17.9 Å². The van der Waals surface area contributed by atoms with Crippen LogP contribution in [0.2, 0.25) is 0 Å². The highest BCUT2D eigenvalue weighted by Crippen LogP contribution is 2.30. The van der Waals surface area contributed by atoms with Crippen LogP contribution in [0.3, 0.4) is 0 Å². The number of carbonyl (C=O) groups is 4. The number of nitrogens with one attached hydrogen (secondary N) is 1. The topological polar surface area (TPSA) is 131 Å². The summed E-state index contributed by atoms with van der Waals surface area (Å²) in [5, 5.41) is 10.8. The Balaban J connectivity index is 1.38. The van der Waals surface area contributed by atoms with E-state index in [4.69, 9.17) is 19.3 Å². The second-order valence-corrected chi connectivity index (χ2v) is 7.62. The maximum absolute atomic E-state index is 12.8. The Morgan fingerprint density at radius 1 is 1.06 bits per heavy atom. The van der Waals surface area contributed by atoms with Crippen molar-refractivity contribution in [3.05, 3.63) is 34.9 Å². The van der Waals surface area contributed by atoms with E-state index in [9.17, 15) is 19.2 Å². The molecule has 1 aromatic rings. The van der Waals surface area contributed by atoms with E-state index in [-0.39, 0.29) is 31.4 Å². The fourth-order valence-corrected chi connectivity index (χ4v) is 3.85. The molecule has 0 aromatic heterocycles. The van der Waals surface area contributed by atoms with Crippen LogP contribution < -0.4 is 5.32 Å². The number of hydrogen-bond acceptors (Lipinski definition) is 7. The maximum atomic E-state index is 12.8. The SMILES string of the molecule is O=C(O)COCCOCCOCCCc1cccc2c1CN(C1CCC(=O)NC1=O)C2=O. The van der Waals surface area contributed by atoms with Crippen molar-refractivity contribution in [3.8, 4) is 0 Å². The van der Waals surface area contributed by atoms with Crippen molar-refractivity contribution in [2.24, 2.45) is 0 Å². The maximum Gasteiger partial charge on any atom is 0.329 e. The summed E-state index contributed by atoms with van der Waals surface area (Å²) in [6.07, 6.45) is 2.09. The van der Waals surface area contributed by atoms with Gasteiger partial charge in [0.15, 0.2) is 0 Å². The highest BCUT2D eigenvalue weighted by Gasteiger charge is 2.39. The molecule has 1 atom stereocenters. The minimum Gasteiger partial charge on any atom is -0.480 e. The summed E-state index contributed by atoms with van der Waals surface area (Å²) >= 11 is 0. The van der Waals surface area contributed by atoms with Crippen LogP contribution in [-0.4, -0.2) is 79.4 Å². The second kappa shape index (κ2) is 11.7. The van der Waals surface area contributed by atoms with Gasteiger partial charge in [-0.15, -0.1) is 0 Å². The quantitative estimate of drug-likeness (QED) is 0.330. The van der Waals surface area contributed by atoms with Crippen LogP contribution in [0, 0.1) is 0 Å². The number of nitrogens with zero attached hydrogens (tertiary/aromatic N) is 1. The van der Waals surface area contributed by atoms with Crippen molar-refractivity contribution in [3.63, 3.8) is 0 Å². The van der Waals surface area contributed by atoms with Gasteiger partial charge >= 0.3 is 5.97 Å².